The number of thioether (sulfide) groups is 1. The highest BCUT2D eigenvalue weighted by Crippen LogP contribution is 2.37. The van der Waals surface area contributed by atoms with Crippen molar-refractivity contribution >= 4 is 29.1 Å². The Hall–Kier alpha value is -1.33. The number of anilines is 1. The maximum Gasteiger partial charge on any atom is 0.446 e. The van der Waals surface area contributed by atoms with Crippen molar-refractivity contribution in [2.24, 2.45) is 0 Å². The summed E-state index contributed by atoms with van der Waals surface area (Å²) in [6.45, 7) is 2.48. The molecule has 0 aromatic heterocycles. The standard InChI is InChI=1S/C15H13ClF3NS/c1-10-2-3-11(14(16)8-10)9-20-12-4-6-13(7-5-12)21-15(17,18)19/h2-8,20H,9H2,1H3. The minimum atomic E-state index is -4.26. The van der Waals surface area contributed by atoms with E-state index in [9.17, 15) is 13.2 Å². The highest BCUT2D eigenvalue weighted by molar-refractivity contribution is 8.00. The lowest BCUT2D eigenvalue weighted by atomic mass is 10.1. The van der Waals surface area contributed by atoms with Crippen LogP contribution in [0.2, 0.25) is 5.02 Å². The molecule has 6 heteroatoms. The number of benzene rings is 2. The second-order valence-corrected chi connectivity index (χ2v) is 6.07. The molecule has 1 nitrogen and oxygen atoms in total. The van der Waals surface area contributed by atoms with E-state index in [1.54, 1.807) is 12.1 Å². The van der Waals surface area contributed by atoms with Gasteiger partial charge in [-0.25, -0.2) is 0 Å². The molecule has 1 N–H and O–H groups in total. The quantitative estimate of drug-likeness (QED) is 0.703. The minimum absolute atomic E-state index is 0.121. The molecular formula is C15H13ClF3NS. The van der Waals surface area contributed by atoms with Gasteiger partial charge in [0.15, 0.2) is 0 Å². The average molecular weight is 332 g/mol. The molecule has 0 saturated carbocycles. The Morgan fingerprint density at radius 1 is 1.10 bits per heavy atom. The van der Waals surface area contributed by atoms with Crippen LogP contribution in [0.5, 0.6) is 0 Å². The fourth-order valence-corrected chi connectivity index (χ4v) is 2.61. The predicted molar refractivity (Wildman–Crippen MR) is 81.9 cm³/mol. The second-order valence-electron chi connectivity index (χ2n) is 4.52. The van der Waals surface area contributed by atoms with E-state index in [1.807, 2.05) is 25.1 Å². The number of alkyl halides is 3. The van der Waals surface area contributed by atoms with Crippen LogP contribution in [-0.2, 0) is 6.54 Å². The lowest BCUT2D eigenvalue weighted by Gasteiger charge is -2.10. The second kappa shape index (κ2) is 6.62. The zero-order chi connectivity index (χ0) is 15.5. The largest absolute Gasteiger partial charge is 0.446 e. The van der Waals surface area contributed by atoms with Gasteiger partial charge in [-0.1, -0.05) is 23.7 Å². The van der Waals surface area contributed by atoms with Crippen molar-refractivity contribution < 1.29 is 13.2 Å². The van der Waals surface area contributed by atoms with Gasteiger partial charge in [0.05, 0.1) is 0 Å². The van der Waals surface area contributed by atoms with Gasteiger partial charge < -0.3 is 5.32 Å². The summed E-state index contributed by atoms with van der Waals surface area (Å²) in [5.74, 6) is 0. The first kappa shape index (κ1) is 16.0. The monoisotopic (exact) mass is 331 g/mol. The van der Waals surface area contributed by atoms with Gasteiger partial charge in [0.1, 0.15) is 0 Å². The Morgan fingerprint density at radius 3 is 2.33 bits per heavy atom. The highest BCUT2D eigenvalue weighted by atomic mass is 35.5. The number of nitrogens with one attached hydrogen (secondary N) is 1. The van der Waals surface area contributed by atoms with E-state index < -0.39 is 5.51 Å². The van der Waals surface area contributed by atoms with Gasteiger partial charge in [0, 0.05) is 22.2 Å². The van der Waals surface area contributed by atoms with Crippen molar-refractivity contribution in [2.75, 3.05) is 5.32 Å². The molecule has 0 heterocycles. The maximum absolute atomic E-state index is 12.2. The molecule has 0 spiro atoms. The molecule has 0 amide bonds. The Balaban J connectivity index is 1.97. The third-order valence-electron chi connectivity index (χ3n) is 2.78. The van der Waals surface area contributed by atoms with Crippen LogP contribution in [0.1, 0.15) is 11.1 Å². The number of rotatable bonds is 4. The summed E-state index contributed by atoms with van der Waals surface area (Å²) in [6.07, 6.45) is 0. The van der Waals surface area contributed by atoms with Crippen LogP contribution in [0.25, 0.3) is 0 Å². The normalized spacial score (nSPS) is 11.5. The van der Waals surface area contributed by atoms with Crippen molar-refractivity contribution in [1.29, 1.82) is 0 Å². The molecule has 0 unspecified atom stereocenters. The molecule has 0 atom stereocenters. The van der Waals surface area contributed by atoms with E-state index >= 15 is 0 Å². The van der Waals surface area contributed by atoms with Crippen molar-refractivity contribution in [3.8, 4) is 0 Å². The number of hydrogen-bond acceptors (Lipinski definition) is 2. The summed E-state index contributed by atoms with van der Waals surface area (Å²) in [7, 11) is 0. The van der Waals surface area contributed by atoms with Gasteiger partial charge in [0.25, 0.3) is 0 Å². The van der Waals surface area contributed by atoms with Gasteiger partial charge in [-0.3, -0.25) is 0 Å². The summed E-state index contributed by atoms with van der Waals surface area (Å²) in [5.41, 5.74) is -1.49. The first-order valence-electron chi connectivity index (χ1n) is 6.18. The maximum atomic E-state index is 12.2. The lowest BCUT2D eigenvalue weighted by molar-refractivity contribution is -0.0328. The van der Waals surface area contributed by atoms with Gasteiger partial charge in [-0.05, 0) is 60.1 Å². The fraction of sp³-hybridized carbons (Fsp3) is 0.200. The first-order chi connectivity index (χ1) is 9.83. The van der Waals surface area contributed by atoms with Crippen molar-refractivity contribution in [3.05, 3.63) is 58.6 Å². The molecule has 0 fully saturated rings. The van der Waals surface area contributed by atoms with E-state index in [4.69, 9.17) is 11.6 Å². The zero-order valence-corrected chi connectivity index (χ0v) is 12.7. The number of hydrogen-bond donors (Lipinski definition) is 1. The van der Waals surface area contributed by atoms with Crippen LogP contribution in [0.3, 0.4) is 0 Å². The van der Waals surface area contributed by atoms with E-state index in [-0.39, 0.29) is 16.7 Å². The molecule has 2 aromatic carbocycles. The van der Waals surface area contributed by atoms with Gasteiger partial charge in [-0.15, -0.1) is 0 Å². The Labute approximate surface area is 130 Å². The van der Waals surface area contributed by atoms with Crippen LogP contribution in [0.15, 0.2) is 47.4 Å². The molecule has 2 rings (SSSR count). The zero-order valence-electron chi connectivity index (χ0n) is 11.2. The molecule has 0 bridgehead atoms. The van der Waals surface area contributed by atoms with E-state index in [0.29, 0.717) is 11.6 Å². The Bertz CT molecular complexity index is 611. The summed E-state index contributed by atoms with van der Waals surface area (Å²) in [4.78, 5) is 0.168. The summed E-state index contributed by atoms with van der Waals surface area (Å²) < 4.78 is 36.7. The van der Waals surface area contributed by atoms with E-state index in [0.717, 1.165) is 16.8 Å². The van der Waals surface area contributed by atoms with E-state index in [1.165, 1.54) is 12.1 Å². The molecular weight excluding hydrogens is 319 g/mol. The SMILES string of the molecule is Cc1ccc(CNc2ccc(SC(F)(F)F)cc2)c(Cl)c1. The Morgan fingerprint density at radius 2 is 1.76 bits per heavy atom. The lowest BCUT2D eigenvalue weighted by Crippen LogP contribution is -2.01. The summed E-state index contributed by atoms with van der Waals surface area (Å²) in [5, 5.41) is 3.81. The van der Waals surface area contributed by atoms with Crippen LogP contribution in [0, 0.1) is 6.92 Å². The Kier molecular flexibility index (Phi) is 5.06. The molecule has 0 saturated heterocycles. The van der Waals surface area contributed by atoms with Crippen molar-refractivity contribution in [3.63, 3.8) is 0 Å². The minimum Gasteiger partial charge on any atom is -0.381 e. The third-order valence-corrected chi connectivity index (χ3v) is 3.87. The van der Waals surface area contributed by atoms with Crippen LogP contribution in [-0.4, -0.2) is 5.51 Å². The smallest absolute Gasteiger partial charge is 0.381 e. The van der Waals surface area contributed by atoms with Gasteiger partial charge >= 0.3 is 5.51 Å². The molecule has 0 radical (unpaired) electrons. The number of halogens is 4. The predicted octanol–water partition coefficient (Wildman–Crippen LogP) is 5.87. The van der Waals surface area contributed by atoms with E-state index in [2.05, 4.69) is 5.32 Å². The molecule has 0 aliphatic rings. The van der Waals surface area contributed by atoms with Gasteiger partial charge in [0.2, 0.25) is 0 Å². The highest BCUT2D eigenvalue weighted by Gasteiger charge is 2.28. The van der Waals surface area contributed by atoms with Crippen molar-refractivity contribution in [1.82, 2.24) is 0 Å². The summed E-state index contributed by atoms with van der Waals surface area (Å²) >= 11 is 6.00. The third kappa shape index (κ3) is 5.17. The summed E-state index contributed by atoms with van der Waals surface area (Å²) in [6, 6.07) is 11.9. The van der Waals surface area contributed by atoms with Crippen molar-refractivity contribution in [2.45, 2.75) is 23.9 Å². The molecule has 112 valence electrons. The average Bonchev–Trinajstić information content (AvgIpc) is 2.38. The van der Waals surface area contributed by atoms with Crippen LogP contribution >= 0.6 is 23.4 Å². The first-order valence-corrected chi connectivity index (χ1v) is 7.38. The molecule has 0 aliphatic heterocycles. The van der Waals surface area contributed by atoms with Gasteiger partial charge in [-0.2, -0.15) is 13.2 Å². The van der Waals surface area contributed by atoms with Crippen LogP contribution in [0.4, 0.5) is 18.9 Å². The van der Waals surface area contributed by atoms with Crippen LogP contribution < -0.4 is 5.32 Å². The molecule has 2 aromatic rings. The fourth-order valence-electron chi connectivity index (χ4n) is 1.77. The molecule has 0 aliphatic carbocycles. The topological polar surface area (TPSA) is 12.0 Å². The number of aryl methyl sites for hydroxylation is 1. The molecule has 21 heavy (non-hydrogen) atoms.